The fraction of sp³-hybridized carbons (Fsp3) is 0.617. The van der Waals surface area contributed by atoms with E-state index in [1.165, 1.54) is 44.9 Å². The standard InChI is InChI=1S/C47H78NO8P/c1-3-5-7-9-11-13-15-17-19-20-21-22-23-24-26-27-29-31-33-35-37-39-46(50)48-41-42-55-57(52,53)56-44-45(49)43-54-47(51)40-38-36-34-32-30-28-25-18-16-14-12-10-8-6-4-2/h5,7,11,13,17-19,21-22,24-26,29,31,35,37,45,49H,3-4,6,8-10,12,14-16,20,23,27-28,30,32-34,36,38-44H2,1-2H3,(H,48,50)(H,52,53)/b7-5-,13-11-,19-17-,22-21-,25-18-,26-24-,31-29-,37-35-. The van der Waals surface area contributed by atoms with Crippen molar-refractivity contribution < 1.29 is 37.9 Å². The zero-order valence-corrected chi connectivity index (χ0v) is 36.4. The number of unbranched alkanes of at least 4 members (excludes halogenated alkanes) is 11. The van der Waals surface area contributed by atoms with Gasteiger partial charge in [-0.05, 0) is 77.0 Å². The summed E-state index contributed by atoms with van der Waals surface area (Å²) in [6.45, 7) is 3.28. The summed E-state index contributed by atoms with van der Waals surface area (Å²) in [5.74, 6) is -0.667. The second-order valence-corrected chi connectivity index (χ2v) is 15.4. The number of phosphoric acid groups is 1. The highest BCUT2D eigenvalue weighted by Crippen LogP contribution is 2.42. The van der Waals surface area contributed by atoms with Crippen molar-refractivity contribution in [1.82, 2.24) is 5.32 Å². The van der Waals surface area contributed by atoms with Gasteiger partial charge >= 0.3 is 13.8 Å². The molecule has 0 fully saturated rings. The summed E-state index contributed by atoms with van der Waals surface area (Å²) in [5, 5.41) is 12.6. The van der Waals surface area contributed by atoms with Crippen LogP contribution < -0.4 is 5.32 Å². The number of ether oxygens (including phenoxy) is 1. The van der Waals surface area contributed by atoms with E-state index in [0.717, 1.165) is 83.5 Å². The Morgan fingerprint density at radius 2 is 1.04 bits per heavy atom. The van der Waals surface area contributed by atoms with Crippen molar-refractivity contribution in [1.29, 1.82) is 0 Å². The van der Waals surface area contributed by atoms with Crippen molar-refractivity contribution in [2.45, 2.75) is 161 Å². The van der Waals surface area contributed by atoms with Gasteiger partial charge in [-0.15, -0.1) is 0 Å². The summed E-state index contributed by atoms with van der Waals surface area (Å²) in [6, 6.07) is 0. The minimum Gasteiger partial charge on any atom is -0.463 e. The van der Waals surface area contributed by atoms with E-state index in [9.17, 15) is 24.2 Å². The van der Waals surface area contributed by atoms with Gasteiger partial charge < -0.3 is 20.1 Å². The molecule has 0 aliphatic carbocycles. The normalized spacial score (nSPS) is 14.2. The van der Waals surface area contributed by atoms with Gasteiger partial charge in [-0.3, -0.25) is 18.6 Å². The average molecular weight is 816 g/mol. The quantitative estimate of drug-likeness (QED) is 0.0242. The molecule has 0 spiro atoms. The third-order valence-corrected chi connectivity index (χ3v) is 9.51. The molecule has 2 unspecified atom stereocenters. The van der Waals surface area contributed by atoms with Gasteiger partial charge in [-0.1, -0.05) is 162 Å². The van der Waals surface area contributed by atoms with Crippen molar-refractivity contribution in [3.8, 4) is 0 Å². The fourth-order valence-electron chi connectivity index (χ4n) is 5.27. The van der Waals surface area contributed by atoms with E-state index < -0.39 is 26.5 Å². The topological polar surface area (TPSA) is 131 Å². The molecule has 0 aliphatic rings. The lowest BCUT2D eigenvalue weighted by atomic mass is 10.1. The predicted octanol–water partition coefficient (Wildman–Crippen LogP) is 12.2. The zero-order chi connectivity index (χ0) is 41.8. The molecule has 324 valence electrons. The molecule has 0 saturated carbocycles. The highest BCUT2D eigenvalue weighted by Gasteiger charge is 2.23. The SMILES string of the molecule is CC/C=C\C/C=C\C/C=C\C/C=C\C/C=C\C/C=C\C/C=C\CC(=O)NCCOP(=O)(O)OCC(O)COC(=O)CCCCCCC/C=C\CCCCCCCC. The number of hydrogen-bond donors (Lipinski definition) is 3. The first-order valence-corrected chi connectivity index (χ1v) is 23.2. The van der Waals surface area contributed by atoms with Crippen molar-refractivity contribution in [2.75, 3.05) is 26.4 Å². The molecule has 10 heteroatoms. The van der Waals surface area contributed by atoms with Crippen LogP contribution in [0.4, 0.5) is 0 Å². The monoisotopic (exact) mass is 816 g/mol. The molecule has 3 N–H and O–H groups in total. The number of carbonyl (C=O) groups excluding carboxylic acids is 2. The molecule has 2 atom stereocenters. The van der Waals surface area contributed by atoms with Gasteiger partial charge in [0.15, 0.2) is 0 Å². The molecular formula is C47H78NO8P. The van der Waals surface area contributed by atoms with Gasteiger partial charge in [0.05, 0.1) is 13.2 Å². The molecule has 0 saturated heterocycles. The Morgan fingerprint density at radius 3 is 1.54 bits per heavy atom. The fourth-order valence-corrected chi connectivity index (χ4v) is 6.03. The molecule has 0 aromatic rings. The van der Waals surface area contributed by atoms with Crippen LogP contribution in [0.5, 0.6) is 0 Å². The summed E-state index contributed by atoms with van der Waals surface area (Å²) in [6.07, 6.45) is 55.1. The number of phosphoric ester groups is 1. The summed E-state index contributed by atoms with van der Waals surface area (Å²) in [4.78, 5) is 33.8. The van der Waals surface area contributed by atoms with Gasteiger partial charge in [-0.2, -0.15) is 0 Å². The van der Waals surface area contributed by atoms with E-state index in [0.29, 0.717) is 0 Å². The van der Waals surface area contributed by atoms with Crippen LogP contribution in [0.15, 0.2) is 97.2 Å². The first kappa shape index (κ1) is 53.9. The average Bonchev–Trinajstić information content (AvgIpc) is 3.20. The maximum absolute atomic E-state index is 12.1. The molecule has 0 aliphatic heterocycles. The Kier molecular flexibility index (Phi) is 40.2. The van der Waals surface area contributed by atoms with E-state index >= 15 is 0 Å². The molecule has 0 rings (SSSR count). The summed E-state index contributed by atoms with van der Waals surface area (Å²) in [7, 11) is -4.45. The number of allylic oxidation sites excluding steroid dienone is 15. The molecule has 0 radical (unpaired) electrons. The minimum atomic E-state index is -4.45. The van der Waals surface area contributed by atoms with Crippen molar-refractivity contribution in [3.05, 3.63) is 97.2 Å². The lowest BCUT2D eigenvalue weighted by Crippen LogP contribution is -2.26. The van der Waals surface area contributed by atoms with Crippen LogP contribution in [0, 0.1) is 0 Å². The van der Waals surface area contributed by atoms with Gasteiger partial charge in [0, 0.05) is 19.4 Å². The van der Waals surface area contributed by atoms with Crippen LogP contribution in [0.25, 0.3) is 0 Å². The summed E-state index contributed by atoms with van der Waals surface area (Å²) >= 11 is 0. The highest BCUT2D eigenvalue weighted by atomic mass is 31.2. The van der Waals surface area contributed by atoms with E-state index in [4.69, 9.17) is 13.8 Å². The van der Waals surface area contributed by atoms with Crippen LogP contribution >= 0.6 is 7.82 Å². The first-order chi connectivity index (χ1) is 27.8. The molecule has 57 heavy (non-hydrogen) atoms. The maximum atomic E-state index is 12.1. The second-order valence-electron chi connectivity index (χ2n) is 13.9. The Balaban J connectivity index is 3.77. The number of aliphatic hydroxyl groups excluding tert-OH is 1. The number of nitrogens with one attached hydrogen (secondary N) is 1. The maximum Gasteiger partial charge on any atom is 0.472 e. The van der Waals surface area contributed by atoms with Gasteiger partial charge in [0.1, 0.15) is 12.7 Å². The van der Waals surface area contributed by atoms with Crippen LogP contribution in [0.3, 0.4) is 0 Å². The van der Waals surface area contributed by atoms with Gasteiger partial charge in [-0.25, -0.2) is 4.57 Å². The van der Waals surface area contributed by atoms with Gasteiger partial charge in [0.2, 0.25) is 5.91 Å². The Labute approximate surface area is 346 Å². The molecule has 0 aromatic heterocycles. The smallest absolute Gasteiger partial charge is 0.463 e. The number of esters is 1. The number of hydrogen-bond acceptors (Lipinski definition) is 7. The Hall–Kier alpha value is -3.07. The molecule has 0 aromatic carbocycles. The zero-order valence-electron chi connectivity index (χ0n) is 35.5. The van der Waals surface area contributed by atoms with Crippen LogP contribution in [-0.2, 0) is 27.9 Å². The van der Waals surface area contributed by atoms with Gasteiger partial charge in [0.25, 0.3) is 0 Å². The predicted molar refractivity (Wildman–Crippen MR) is 238 cm³/mol. The van der Waals surface area contributed by atoms with E-state index in [2.05, 4.69) is 98.2 Å². The van der Waals surface area contributed by atoms with Crippen molar-refractivity contribution in [3.63, 3.8) is 0 Å². The summed E-state index contributed by atoms with van der Waals surface area (Å²) < 4.78 is 26.8. The van der Waals surface area contributed by atoms with Crippen molar-refractivity contribution >= 4 is 19.7 Å². The number of aliphatic hydroxyl groups is 1. The number of amides is 1. The second kappa shape index (κ2) is 42.5. The van der Waals surface area contributed by atoms with Crippen LogP contribution in [-0.4, -0.2) is 54.3 Å². The largest absolute Gasteiger partial charge is 0.472 e. The third kappa shape index (κ3) is 43.9. The summed E-state index contributed by atoms with van der Waals surface area (Å²) in [5.41, 5.74) is 0. The Bertz CT molecular complexity index is 1250. The lowest BCUT2D eigenvalue weighted by molar-refractivity contribution is -0.147. The van der Waals surface area contributed by atoms with E-state index in [1.807, 2.05) is 12.2 Å². The van der Waals surface area contributed by atoms with E-state index in [-0.39, 0.29) is 38.5 Å². The molecule has 0 bridgehead atoms. The Morgan fingerprint density at radius 1 is 0.579 bits per heavy atom. The third-order valence-electron chi connectivity index (χ3n) is 8.53. The van der Waals surface area contributed by atoms with Crippen LogP contribution in [0.1, 0.15) is 155 Å². The minimum absolute atomic E-state index is 0.0181. The lowest BCUT2D eigenvalue weighted by Gasteiger charge is -2.15. The van der Waals surface area contributed by atoms with Crippen LogP contribution in [0.2, 0.25) is 0 Å². The molecule has 9 nitrogen and oxygen atoms in total. The van der Waals surface area contributed by atoms with E-state index in [1.54, 1.807) is 6.08 Å². The molecular weight excluding hydrogens is 737 g/mol. The van der Waals surface area contributed by atoms with Crippen molar-refractivity contribution in [2.24, 2.45) is 0 Å². The highest BCUT2D eigenvalue weighted by molar-refractivity contribution is 7.47. The molecule has 0 heterocycles. The number of carbonyl (C=O) groups is 2. The molecule has 1 amide bonds. The number of rotatable bonds is 39. The first-order valence-electron chi connectivity index (χ1n) is 21.7.